The van der Waals surface area contributed by atoms with Gasteiger partial charge in [-0.1, -0.05) is 6.92 Å². The second-order valence-electron chi connectivity index (χ2n) is 5.09. The third-order valence-corrected chi connectivity index (χ3v) is 3.52. The van der Waals surface area contributed by atoms with E-state index in [1.54, 1.807) is 19.2 Å². The summed E-state index contributed by atoms with van der Waals surface area (Å²) in [6.07, 6.45) is 1.14. The van der Waals surface area contributed by atoms with Gasteiger partial charge in [-0.3, -0.25) is 10.1 Å². The Bertz CT molecular complexity index is 462. The first kappa shape index (κ1) is 12.7. The van der Waals surface area contributed by atoms with Crippen molar-refractivity contribution in [1.29, 1.82) is 0 Å². The molecule has 0 spiro atoms. The van der Waals surface area contributed by atoms with E-state index < -0.39 is 0 Å². The largest absolute Gasteiger partial charge is 0.388 e. The molecule has 0 aromatic heterocycles. The quantitative estimate of drug-likeness (QED) is 0.661. The number of benzene rings is 1. The number of hydrogen-bond donors (Lipinski definition) is 1. The van der Waals surface area contributed by atoms with Gasteiger partial charge in [0.05, 0.1) is 4.92 Å². The van der Waals surface area contributed by atoms with E-state index in [0.29, 0.717) is 12.0 Å². The van der Waals surface area contributed by atoms with Crippen LogP contribution in [0.5, 0.6) is 0 Å². The zero-order chi connectivity index (χ0) is 13.3. The number of nitrogens with one attached hydrogen (secondary N) is 1. The zero-order valence-electron chi connectivity index (χ0n) is 11.0. The molecule has 0 bridgehead atoms. The summed E-state index contributed by atoms with van der Waals surface area (Å²) < 4.78 is 0. The summed E-state index contributed by atoms with van der Waals surface area (Å²) in [5.41, 5.74) is 1.86. The fourth-order valence-electron chi connectivity index (χ4n) is 2.67. The smallest absolute Gasteiger partial charge is 0.273 e. The lowest BCUT2D eigenvalue weighted by molar-refractivity contribution is -0.384. The normalized spacial score (nSPS) is 23.2. The Balaban J connectivity index is 2.37. The lowest BCUT2D eigenvalue weighted by Crippen LogP contribution is -2.26. The van der Waals surface area contributed by atoms with E-state index in [0.717, 1.165) is 24.3 Å². The van der Waals surface area contributed by atoms with Gasteiger partial charge in [0.25, 0.3) is 5.69 Å². The SMILES string of the molecule is CNc1cc(N2CC(C)CC2C)cc([N+](=O)[O-])c1. The summed E-state index contributed by atoms with van der Waals surface area (Å²) in [5.74, 6) is 0.636. The van der Waals surface area contributed by atoms with Crippen molar-refractivity contribution < 1.29 is 4.92 Å². The molecule has 2 unspecified atom stereocenters. The molecular weight excluding hydrogens is 230 g/mol. The molecule has 2 rings (SSSR count). The second-order valence-corrected chi connectivity index (χ2v) is 5.09. The number of nitro benzene ring substituents is 1. The van der Waals surface area contributed by atoms with Crippen LogP contribution in [0.25, 0.3) is 0 Å². The molecule has 1 aliphatic rings. The van der Waals surface area contributed by atoms with Gasteiger partial charge in [0.2, 0.25) is 0 Å². The highest BCUT2D eigenvalue weighted by Crippen LogP contribution is 2.33. The third-order valence-electron chi connectivity index (χ3n) is 3.52. The number of anilines is 2. The fourth-order valence-corrected chi connectivity index (χ4v) is 2.67. The van der Waals surface area contributed by atoms with E-state index in [-0.39, 0.29) is 10.6 Å². The number of nitro groups is 1. The van der Waals surface area contributed by atoms with Gasteiger partial charge in [-0.15, -0.1) is 0 Å². The molecule has 2 atom stereocenters. The molecule has 1 aliphatic heterocycles. The van der Waals surface area contributed by atoms with Crippen LogP contribution in [-0.2, 0) is 0 Å². The van der Waals surface area contributed by atoms with Gasteiger partial charge in [0.15, 0.2) is 0 Å². The van der Waals surface area contributed by atoms with Crippen molar-refractivity contribution in [3.63, 3.8) is 0 Å². The fraction of sp³-hybridized carbons (Fsp3) is 0.538. The molecule has 5 heteroatoms. The maximum absolute atomic E-state index is 10.9. The first-order chi connectivity index (χ1) is 8.51. The van der Waals surface area contributed by atoms with Crippen LogP contribution in [0.3, 0.4) is 0 Å². The van der Waals surface area contributed by atoms with Crippen molar-refractivity contribution >= 4 is 17.1 Å². The predicted molar refractivity (Wildman–Crippen MR) is 73.2 cm³/mol. The predicted octanol–water partition coefficient (Wildman–Crippen LogP) is 2.87. The Morgan fingerprint density at radius 2 is 2.11 bits per heavy atom. The summed E-state index contributed by atoms with van der Waals surface area (Å²) in [5, 5.41) is 13.9. The summed E-state index contributed by atoms with van der Waals surface area (Å²) >= 11 is 0. The van der Waals surface area contributed by atoms with Gasteiger partial charge < -0.3 is 10.2 Å². The van der Waals surface area contributed by atoms with Crippen molar-refractivity contribution in [3.8, 4) is 0 Å². The summed E-state index contributed by atoms with van der Waals surface area (Å²) in [6, 6.07) is 5.64. The van der Waals surface area contributed by atoms with E-state index >= 15 is 0 Å². The van der Waals surface area contributed by atoms with Crippen LogP contribution in [0.15, 0.2) is 18.2 Å². The highest BCUT2D eigenvalue weighted by atomic mass is 16.6. The maximum Gasteiger partial charge on any atom is 0.273 e. The van der Waals surface area contributed by atoms with Gasteiger partial charge in [-0.05, 0) is 25.3 Å². The lowest BCUT2D eigenvalue weighted by Gasteiger charge is -2.24. The highest BCUT2D eigenvalue weighted by molar-refractivity contribution is 5.65. The molecule has 0 amide bonds. The lowest BCUT2D eigenvalue weighted by atomic mass is 10.1. The minimum absolute atomic E-state index is 0.142. The minimum atomic E-state index is -0.339. The average molecular weight is 249 g/mol. The molecule has 1 N–H and O–H groups in total. The molecule has 98 valence electrons. The Labute approximate surface area is 107 Å². The summed E-state index contributed by atoms with van der Waals surface area (Å²) in [7, 11) is 1.78. The molecule has 1 aromatic carbocycles. The Hall–Kier alpha value is -1.78. The van der Waals surface area contributed by atoms with E-state index in [1.165, 1.54) is 0 Å². The number of rotatable bonds is 3. The number of hydrogen-bond acceptors (Lipinski definition) is 4. The molecule has 18 heavy (non-hydrogen) atoms. The first-order valence-electron chi connectivity index (χ1n) is 6.25. The standard InChI is InChI=1S/C13H19N3O2/c1-9-4-10(2)15(8-9)12-5-11(14-3)6-13(7-12)16(17)18/h5-7,9-10,14H,4,8H2,1-3H3. The molecule has 0 aliphatic carbocycles. The van der Waals surface area contributed by atoms with Crippen molar-refractivity contribution in [3.05, 3.63) is 28.3 Å². The Morgan fingerprint density at radius 1 is 1.39 bits per heavy atom. The van der Waals surface area contributed by atoms with Crippen molar-refractivity contribution in [2.75, 3.05) is 23.8 Å². The van der Waals surface area contributed by atoms with Crippen LogP contribution >= 0.6 is 0 Å². The molecule has 1 fully saturated rings. The van der Waals surface area contributed by atoms with E-state index in [1.807, 2.05) is 6.07 Å². The molecule has 1 heterocycles. The molecular formula is C13H19N3O2. The van der Waals surface area contributed by atoms with Crippen molar-refractivity contribution in [1.82, 2.24) is 0 Å². The van der Waals surface area contributed by atoms with Crippen molar-refractivity contribution in [2.45, 2.75) is 26.3 Å². The Kier molecular flexibility index (Phi) is 3.41. The Morgan fingerprint density at radius 3 is 2.61 bits per heavy atom. The summed E-state index contributed by atoms with van der Waals surface area (Å²) in [4.78, 5) is 12.9. The van der Waals surface area contributed by atoms with Crippen LogP contribution in [0.4, 0.5) is 17.1 Å². The van der Waals surface area contributed by atoms with Crippen molar-refractivity contribution in [2.24, 2.45) is 5.92 Å². The van der Waals surface area contributed by atoms with Gasteiger partial charge >= 0.3 is 0 Å². The third kappa shape index (κ3) is 2.39. The molecule has 0 radical (unpaired) electrons. The summed E-state index contributed by atoms with van der Waals surface area (Å²) in [6.45, 7) is 5.35. The van der Waals surface area contributed by atoms with Crippen LogP contribution in [0.2, 0.25) is 0 Å². The van der Waals surface area contributed by atoms with E-state index in [4.69, 9.17) is 0 Å². The monoisotopic (exact) mass is 249 g/mol. The van der Waals surface area contributed by atoms with Gasteiger partial charge in [-0.25, -0.2) is 0 Å². The van der Waals surface area contributed by atoms with Gasteiger partial charge in [-0.2, -0.15) is 0 Å². The highest BCUT2D eigenvalue weighted by Gasteiger charge is 2.27. The number of non-ortho nitro benzene ring substituents is 1. The van der Waals surface area contributed by atoms with E-state index in [2.05, 4.69) is 24.1 Å². The van der Waals surface area contributed by atoms with Gasteiger partial charge in [0.1, 0.15) is 0 Å². The van der Waals surface area contributed by atoms with E-state index in [9.17, 15) is 10.1 Å². The van der Waals surface area contributed by atoms with Crippen LogP contribution in [0, 0.1) is 16.0 Å². The minimum Gasteiger partial charge on any atom is -0.388 e. The maximum atomic E-state index is 10.9. The molecule has 1 saturated heterocycles. The number of nitrogens with zero attached hydrogens (tertiary/aromatic N) is 2. The van der Waals surface area contributed by atoms with Crippen LogP contribution in [-0.4, -0.2) is 24.6 Å². The molecule has 1 aromatic rings. The van der Waals surface area contributed by atoms with Crippen LogP contribution < -0.4 is 10.2 Å². The topological polar surface area (TPSA) is 58.4 Å². The van der Waals surface area contributed by atoms with Crippen LogP contribution in [0.1, 0.15) is 20.3 Å². The average Bonchev–Trinajstić information content (AvgIpc) is 2.67. The molecule has 5 nitrogen and oxygen atoms in total. The second kappa shape index (κ2) is 4.84. The first-order valence-corrected chi connectivity index (χ1v) is 6.25. The molecule has 0 saturated carbocycles. The van der Waals surface area contributed by atoms with Gasteiger partial charge in [0, 0.05) is 43.1 Å². The zero-order valence-corrected chi connectivity index (χ0v) is 11.0.